The molecule has 0 N–H and O–H groups in total. The lowest BCUT2D eigenvalue weighted by Gasteiger charge is -2.14. The van der Waals surface area contributed by atoms with Gasteiger partial charge >= 0.3 is 0 Å². The number of Topliss-reactive ketones (excluding diaryl/α,β-unsaturated/α-hetero) is 1. The van der Waals surface area contributed by atoms with Gasteiger partial charge in [-0.15, -0.1) is 0 Å². The van der Waals surface area contributed by atoms with Gasteiger partial charge in [0.25, 0.3) is 0 Å². The van der Waals surface area contributed by atoms with Crippen LogP contribution in [-0.2, 0) is 17.6 Å². The highest BCUT2D eigenvalue weighted by atomic mass is 16.5. The number of carbonyl (C=O) groups excluding carboxylic acids is 1. The van der Waals surface area contributed by atoms with Gasteiger partial charge < -0.3 is 4.52 Å². The van der Waals surface area contributed by atoms with Gasteiger partial charge in [-0.05, 0) is 18.1 Å². The molecule has 0 aliphatic carbocycles. The lowest BCUT2D eigenvalue weighted by Crippen LogP contribution is -2.22. The van der Waals surface area contributed by atoms with E-state index in [0.717, 1.165) is 17.5 Å². The van der Waals surface area contributed by atoms with E-state index in [9.17, 15) is 4.79 Å². The smallest absolute Gasteiger partial charge is 0.234 e. The summed E-state index contributed by atoms with van der Waals surface area (Å²) in [5.74, 6) is 0.956. The van der Waals surface area contributed by atoms with Crippen molar-refractivity contribution >= 4 is 5.78 Å². The maximum absolute atomic E-state index is 12.0. The highest BCUT2D eigenvalue weighted by molar-refractivity contribution is 5.85. The molecular weight excluding hydrogens is 254 g/mol. The van der Waals surface area contributed by atoms with Gasteiger partial charge in [-0.25, -0.2) is 0 Å². The van der Waals surface area contributed by atoms with E-state index < -0.39 is 5.41 Å². The summed E-state index contributed by atoms with van der Waals surface area (Å²) in [5.41, 5.74) is 1.56. The number of hydrogen-bond donors (Lipinski definition) is 0. The number of hydrogen-bond acceptors (Lipinski definition) is 5. The summed E-state index contributed by atoms with van der Waals surface area (Å²) >= 11 is 0. The molecule has 0 spiro atoms. The number of ketones is 1. The Labute approximate surface area is 118 Å². The van der Waals surface area contributed by atoms with Crippen molar-refractivity contribution in [1.29, 1.82) is 0 Å². The van der Waals surface area contributed by atoms with E-state index in [2.05, 4.69) is 15.1 Å². The maximum Gasteiger partial charge on any atom is 0.234 e. The Hall–Kier alpha value is -2.04. The van der Waals surface area contributed by atoms with Crippen molar-refractivity contribution in [3.05, 3.63) is 29.9 Å². The summed E-state index contributed by atoms with van der Waals surface area (Å²) in [6, 6.07) is 1.86. The molecule has 2 heterocycles. The second-order valence-electron chi connectivity index (χ2n) is 5.75. The number of pyridine rings is 1. The molecule has 2 rings (SSSR count). The van der Waals surface area contributed by atoms with Crippen LogP contribution in [0.5, 0.6) is 0 Å². The lowest BCUT2D eigenvalue weighted by molar-refractivity contribution is -0.125. The Kier molecular flexibility index (Phi) is 3.97. The minimum atomic E-state index is -0.403. The summed E-state index contributed by atoms with van der Waals surface area (Å²) in [7, 11) is 0. The highest BCUT2D eigenvalue weighted by Gasteiger charge is 2.24. The Morgan fingerprint density at radius 2 is 2.10 bits per heavy atom. The van der Waals surface area contributed by atoms with Crippen LogP contribution in [0.2, 0.25) is 0 Å². The molecule has 0 atom stereocenters. The number of aryl methyl sites for hydroxylation is 1. The van der Waals surface area contributed by atoms with Gasteiger partial charge in [0.05, 0.1) is 6.42 Å². The molecule has 0 saturated carbocycles. The fourth-order valence-corrected chi connectivity index (χ4v) is 1.77. The molecule has 0 unspecified atom stereocenters. The zero-order valence-electron chi connectivity index (χ0n) is 12.3. The van der Waals surface area contributed by atoms with Crippen molar-refractivity contribution in [3.63, 3.8) is 0 Å². The van der Waals surface area contributed by atoms with Crippen LogP contribution < -0.4 is 0 Å². The zero-order valence-corrected chi connectivity index (χ0v) is 12.3. The first-order valence-corrected chi connectivity index (χ1v) is 6.71. The second-order valence-corrected chi connectivity index (χ2v) is 5.75. The zero-order chi connectivity index (χ0) is 14.8. The number of aromatic nitrogens is 3. The van der Waals surface area contributed by atoms with E-state index >= 15 is 0 Å². The Morgan fingerprint density at radius 1 is 1.35 bits per heavy atom. The second kappa shape index (κ2) is 5.53. The van der Waals surface area contributed by atoms with E-state index in [4.69, 9.17) is 4.52 Å². The highest BCUT2D eigenvalue weighted by Crippen LogP contribution is 2.22. The molecule has 2 aromatic heterocycles. The SMILES string of the molecule is CCc1cnccc1-c1noc(CC(=O)C(C)(C)C)n1. The minimum Gasteiger partial charge on any atom is -0.339 e. The van der Waals surface area contributed by atoms with Gasteiger partial charge in [-0.1, -0.05) is 32.9 Å². The molecular formula is C15H19N3O2. The first-order valence-electron chi connectivity index (χ1n) is 6.71. The van der Waals surface area contributed by atoms with Crippen molar-refractivity contribution in [1.82, 2.24) is 15.1 Å². The normalized spacial score (nSPS) is 11.6. The summed E-state index contributed by atoms with van der Waals surface area (Å²) < 4.78 is 5.18. The van der Waals surface area contributed by atoms with Crippen LogP contribution in [0.3, 0.4) is 0 Å². The van der Waals surface area contributed by atoms with Crippen LogP contribution in [0, 0.1) is 5.41 Å². The molecule has 0 bridgehead atoms. The predicted octanol–water partition coefficient (Wildman–Crippen LogP) is 2.85. The van der Waals surface area contributed by atoms with E-state index in [-0.39, 0.29) is 12.2 Å². The van der Waals surface area contributed by atoms with Crippen LogP contribution in [0.1, 0.15) is 39.1 Å². The van der Waals surface area contributed by atoms with Crippen LogP contribution in [0.4, 0.5) is 0 Å². The third kappa shape index (κ3) is 3.10. The van der Waals surface area contributed by atoms with Gasteiger partial charge in [0.1, 0.15) is 5.78 Å². The van der Waals surface area contributed by atoms with Gasteiger partial charge in [0.2, 0.25) is 11.7 Å². The van der Waals surface area contributed by atoms with Gasteiger partial charge in [0, 0.05) is 23.4 Å². The number of carbonyl (C=O) groups is 1. The van der Waals surface area contributed by atoms with Crippen molar-refractivity contribution < 1.29 is 9.32 Å². The summed E-state index contributed by atoms with van der Waals surface area (Å²) in [4.78, 5) is 20.4. The Balaban J connectivity index is 2.23. The summed E-state index contributed by atoms with van der Waals surface area (Å²) in [5, 5.41) is 3.96. The molecule has 0 amide bonds. The largest absolute Gasteiger partial charge is 0.339 e. The fourth-order valence-electron chi connectivity index (χ4n) is 1.77. The average Bonchev–Trinajstić information content (AvgIpc) is 2.86. The predicted molar refractivity (Wildman–Crippen MR) is 75.1 cm³/mol. The molecule has 0 aliphatic heterocycles. The van der Waals surface area contributed by atoms with Crippen LogP contribution in [0.15, 0.2) is 23.0 Å². The molecule has 0 radical (unpaired) electrons. The Morgan fingerprint density at radius 3 is 2.75 bits per heavy atom. The standard InChI is InChI=1S/C15H19N3O2/c1-5-10-9-16-7-6-11(10)14-17-13(20-18-14)8-12(19)15(2,3)4/h6-7,9H,5,8H2,1-4H3. The van der Waals surface area contributed by atoms with Crippen molar-refractivity contribution in [2.24, 2.45) is 5.41 Å². The third-order valence-electron chi connectivity index (χ3n) is 3.14. The number of nitrogens with zero attached hydrogens (tertiary/aromatic N) is 3. The minimum absolute atomic E-state index is 0.0816. The van der Waals surface area contributed by atoms with E-state index in [1.165, 1.54) is 0 Å². The first kappa shape index (κ1) is 14.4. The van der Waals surface area contributed by atoms with Crippen LogP contribution in [0.25, 0.3) is 11.4 Å². The first-order chi connectivity index (χ1) is 9.41. The summed E-state index contributed by atoms with van der Waals surface area (Å²) in [6.07, 6.45) is 4.51. The van der Waals surface area contributed by atoms with Crippen molar-refractivity contribution in [3.8, 4) is 11.4 Å². The molecule has 2 aromatic rings. The van der Waals surface area contributed by atoms with E-state index in [1.807, 2.05) is 33.8 Å². The summed E-state index contributed by atoms with van der Waals surface area (Å²) in [6.45, 7) is 7.69. The van der Waals surface area contributed by atoms with E-state index in [0.29, 0.717) is 11.7 Å². The molecule has 0 aromatic carbocycles. The molecule has 5 heteroatoms. The maximum atomic E-state index is 12.0. The molecule has 5 nitrogen and oxygen atoms in total. The molecule has 0 saturated heterocycles. The molecule has 0 fully saturated rings. The Bertz CT molecular complexity index is 612. The van der Waals surface area contributed by atoms with Crippen LogP contribution in [-0.4, -0.2) is 20.9 Å². The third-order valence-corrected chi connectivity index (χ3v) is 3.14. The molecule has 0 aliphatic rings. The molecule has 106 valence electrons. The molecule has 20 heavy (non-hydrogen) atoms. The van der Waals surface area contributed by atoms with Crippen LogP contribution >= 0.6 is 0 Å². The van der Waals surface area contributed by atoms with Gasteiger partial charge in [-0.2, -0.15) is 4.98 Å². The quantitative estimate of drug-likeness (QED) is 0.856. The topological polar surface area (TPSA) is 68.9 Å². The monoisotopic (exact) mass is 273 g/mol. The van der Waals surface area contributed by atoms with Crippen molar-refractivity contribution in [2.45, 2.75) is 40.5 Å². The average molecular weight is 273 g/mol. The lowest BCUT2D eigenvalue weighted by atomic mass is 9.89. The van der Waals surface area contributed by atoms with Gasteiger partial charge in [0.15, 0.2) is 0 Å². The number of rotatable bonds is 4. The van der Waals surface area contributed by atoms with Gasteiger partial charge in [-0.3, -0.25) is 9.78 Å². The van der Waals surface area contributed by atoms with E-state index in [1.54, 1.807) is 12.4 Å². The van der Waals surface area contributed by atoms with Crippen molar-refractivity contribution in [2.75, 3.05) is 0 Å². The fraction of sp³-hybridized carbons (Fsp3) is 0.467.